The predicted octanol–water partition coefficient (Wildman–Crippen LogP) is 3.81. The Morgan fingerprint density at radius 1 is 1.27 bits per heavy atom. The zero-order valence-electron chi connectivity index (χ0n) is 19.0. The van der Waals surface area contributed by atoms with Gasteiger partial charge in [-0.25, -0.2) is 4.79 Å². The van der Waals surface area contributed by atoms with E-state index < -0.39 is 17.8 Å². The van der Waals surface area contributed by atoms with Crippen molar-refractivity contribution in [2.45, 2.75) is 66.2 Å². The molecule has 0 bridgehead atoms. The number of nitrogens with zero attached hydrogens (tertiary/aromatic N) is 1. The third-order valence-corrected chi connectivity index (χ3v) is 6.05. The van der Waals surface area contributed by atoms with Crippen LogP contribution in [-0.2, 0) is 11.2 Å². The van der Waals surface area contributed by atoms with Crippen LogP contribution in [0.15, 0.2) is 24.3 Å². The molecule has 1 aliphatic rings. The number of aliphatic hydroxyl groups is 1. The number of rotatable bonds is 6. The number of piperidine rings is 1. The molecule has 7 heteroatoms. The number of halogens is 1. The van der Waals surface area contributed by atoms with E-state index in [-0.39, 0.29) is 17.2 Å². The normalized spacial score (nSPS) is 20.0. The predicted molar refractivity (Wildman–Crippen MR) is 120 cm³/mol. The molecule has 0 saturated carbocycles. The van der Waals surface area contributed by atoms with E-state index in [1.807, 2.05) is 30.9 Å². The van der Waals surface area contributed by atoms with E-state index in [9.17, 15) is 14.7 Å². The van der Waals surface area contributed by atoms with E-state index in [0.29, 0.717) is 19.0 Å². The molecule has 1 heterocycles. The Hall–Kier alpha value is -1.79. The van der Waals surface area contributed by atoms with Crippen LogP contribution < -0.4 is 10.6 Å². The summed E-state index contributed by atoms with van der Waals surface area (Å²) in [5.74, 6) is 0.306. The number of hydrogen-bond acceptors (Lipinski definition) is 3. The summed E-state index contributed by atoms with van der Waals surface area (Å²) in [5, 5.41) is 15.7. The highest BCUT2D eigenvalue weighted by Crippen LogP contribution is 2.37. The van der Waals surface area contributed by atoms with Crippen LogP contribution in [0.5, 0.6) is 0 Å². The quantitative estimate of drug-likeness (QED) is 0.592. The van der Waals surface area contributed by atoms with Gasteiger partial charge in [0.05, 0.1) is 0 Å². The van der Waals surface area contributed by atoms with E-state index in [2.05, 4.69) is 36.6 Å². The fourth-order valence-corrected chi connectivity index (χ4v) is 4.17. The van der Waals surface area contributed by atoms with Crippen LogP contribution in [0.3, 0.4) is 0 Å². The van der Waals surface area contributed by atoms with E-state index in [1.54, 1.807) is 0 Å². The highest BCUT2D eigenvalue weighted by molar-refractivity contribution is 6.30. The average Bonchev–Trinajstić information content (AvgIpc) is 2.60. The lowest BCUT2D eigenvalue weighted by atomic mass is 9.71. The summed E-state index contributed by atoms with van der Waals surface area (Å²) in [4.78, 5) is 27.3. The van der Waals surface area contributed by atoms with Crippen LogP contribution in [-0.4, -0.2) is 46.8 Å². The zero-order valence-corrected chi connectivity index (χ0v) is 19.7. The Bertz CT molecular complexity index is 741. The van der Waals surface area contributed by atoms with Gasteiger partial charge in [-0.3, -0.25) is 4.79 Å². The molecule has 1 fully saturated rings. The Morgan fingerprint density at radius 2 is 1.87 bits per heavy atom. The van der Waals surface area contributed by atoms with Crippen molar-refractivity contribution in [3.63, 3.8) is 0 Å². The molecule has 1 aromatic rings. The maximum Gasteiger partial charge on any atom is 0.317 e. The van der Waals surface area contributed by atoms with Crippen molar-refractivity contribution in [3.8, 4) is 0 Å². The number of benzene rings is 1. The first-order chi connectivity index (χ1) is 13.8. The Labute approximate surface area is 185 Å². The van der Waals surface area contributed by atoms with Crippen LogP contribution in [0.4, 0.5) is 4.79 Å². The van der Waals surface area contributed by atoms with Crippen LogP contribution in [0.2, 0.25) is 5.02 Å². The van der Waals surface area contributed by atoms with Gasteiger partial charge >= 0.3 is 6.03 Å². The second-order valence-corrected chi connectivity index (χ2v) is 10.4. The molecule has 3 amide bonds. The van der Waals surface area contributed by atoms with Gasteiger partial charge in [0, 0.05) is 18.1 Å². The maximum absolute atomic E-state index is 13.2. The second-order valence-electron chi connectivity index (χ2n) is 9.94. The molecule has 1 saturated heterocycles. The molecule has 6 nitrogen and oxygen atoms in total. The van der Waals surface area contributed by atoms with Crippen molar-refractivity contribution in [1.29, 1.82) is 0 Å². The lowest BCUT2D eigenvalue weighted by Crippen LogP contribution is -2.59. The van der Waals surface area contributed by atoms with Gasteiger partial charge in [-0.1, -0.05) is 51.4 Å². The molecule has 3 N–H and O–H groups in total. The van der Waals surface area contributed by atoms with Crippen LogP contribution in [0.25, 0.3) is 0 Å². The fraction of sp³-hybridized carbons (Fsp3) is 0.652. The Kier molecular flexibility index (Phi) is 7.80. The average molecular weight is 438 g/mol. The summed E-state index contributed by atoms with van der Waals surface area (Å²) in [7, 11) is 0. The SMILES string of the molecule is CC(C)C(NC(=O)NC(C)(C)O)C(=O)N1CCC(Cc2ccc(Cl)cc2)C(C)(C)C1. The fourth-order valence-electron chi connectivity index (χ4n) is 4.04. The van der Waals surface area contributed by atoms with E-state index in [1.165, 1.54) is 19.4 Å². The molecule has 2 atom stereocenters. The molecule has 0 radical (unpaired) electrons. The molecule has 168 valence electrons. The van der Waals surface area contributed by atoms with Crippen molar-refractivity contribution < 1.29 is 14.7 Å². The minimum absolute atomic E-state index is 0.0512. The number of carbonyl (C=O) groups excluding carboxylic acids is 2. The lowest BCUT2D eigenvalue weighted by molar-refractivity contribution is -0.138. The Balaban J connectivity index is 2.04. The summed E-state index contributed by atoms with van der Waals surface area (Å²) in [6, 6.07) is 6.77. The third-order valence-electron chi connectivity index (χ3n) is 5.80. The molecule has 2 rings (SSSR count). The molecular weight excluding hydrogens is 402 g/mol. The number of amides is 3. The van der Waals surface area contributed by atoms with E-state index in [0.717, 1.165) is 17.9 Å². The largest absolute Gasteiger partial charge is 0.372 e. The topological polar surface area (TPSA) is 81.7 Å². The molecule has 0 aromatic heterocycles. The first kappa shape index (κ1) is 24.5. The molecule has 1 aliphatic heterocycles. The molecule has 0 spiro atoms. The minimum Gasteiger partial charge on any atom is -0.372 e. The second kappa shape index (κ2) is 9.56. The van der Waals surface area contributed by atoms with Gasteiger partial charge in [-0.05, 0) is 61.6 Å². The third kappa shape index (κ3) is 6.88. The number of urea groups is 1. The van der Waals surface area contributed by atoms with Gasteiger partial charge in [0.1, 0.15) is 11.8 Å². The summed E-state index contributed by atoms with van der Waals surface area (Å²) in [6.45, 7) is 12.5. The smallest absolute Gasteiger partial charge is 0.317 e. The first-order valence-corrected chi connectivity index (χ1v) is 11.0. The van der Waals surface area contributed by atoms with E-state index in [4.69, 9.17) is 11.6 Å². The van der Waals surface area contributed by atoms with Crippen molar-refractivity contribution in [1.82, 2.24) is 15.5 Å². The summed E-state index contributed by atoms with van der Waals surface area (Å²) >= 11 is 6.00. The van der Waals surface area contributed by atoms with Crippen LogP contribution in [0, 0.1) is 17.3 Å². The first-order valence-electron chi connectivity index (χ1n) is 10.6. The lowest BCUT2D eigenvalue weighted by Gasteiger charge is -2.45. The minimum atomic E-state index is -1.35. The molecular formula is C23H36ClN3O3. The van der Waals surface area contributed by atoms with Crippen molar-refractivity contribution in [2.24, 2.45) is 17.3 Å². The van der Waals surface area contributed by atoms with Crippen molar-refractivity contribution in [2.75, 3.05) is 13.1 Å². The maximum atomic E-state index is 13.2. The van der Waals surface area contributed by atoms with Gasteiger partial charge in [-0.2, -0.15) is 0 Å². The number of likely N-dealkylation sites (tertiary alicyclic amines) is 1. The van der Waals surface area contributed by atoms with Crippen LogP contribution in [0.1, 0.15) is 53.5 Å². The van der Waals surface area contributed by atoms with Gasteiger partial charge in [0.15, 0.2) is 0 Å². The number of carbonyl (C=O) groups is 2. The van der Waals surface area contributed by atoms with Gasteiger partial charge in [0.2, 0.25) is 5.91 Å². The van der Waals surface area contributed by atoms with Gasteiger partial charge < -0.3 is 20.6 Å². The number of nitrogens with one attached hydrogen (secondary N) is 2. The molecule has 30 heavy (non-hydrogen) atoms. The van der Waals surface area contributed by atoms with Crippen molar-refractivity contribution >= 4 is 23.5 Å². The summed E-state index contributed by atoms with van der Waals surface area (Å²) in [6.07, 6.45) is 1.86. The van der Waals surface area contributed by atoms with Crippen LogP contribution >= 0.6 is 11.6 Å². The highest BCUT2D eigenvalue weighted by atomic mass is 35.5. The molecule has 0 aliphatic carbocycles. The standard InChI is InChI=1S/C23H36ClN3O3/c1-15(2)19(25-21(29)26-23(5,6)30)20(28)27-12-11-17(22(3,4)14-27)13-16-7-9-18(24)10-8-16/h7-10,15,17,19,30H,11-14H2,1-6H3,(H2,25,26,29). The Morgan fingerprint density at radius 3 is 2.37 bits per heavy atom. The van der Waals surface area contributed by atoms with Crippen molar-refractivity contribution in [3.05, 3.63) is 34.9 Å². The van der Waals surface area contributed by atoms with Gasteiger partial charge in [-0.15, -0.1) is 0 Å². The monoisotopic (exact) mass is 437 g/mol. The van der Waals surface area contributed by atoms with Gasteiger partial charge in [0.25, 0.3) is 0 Å². The summed E-state index contributed by atoms with van der Waals surface area (Å²) in [5.41, 5.74) is -0.150. The number of hydrogen-bond donors (Lipinski definition) is 3. The van der Waals surface area contributed by atoms with E-state index >= 15 is 0 Å². The molecule has 2 unspecified atom stereocenters. The summed E-state index contributed by atoms with van der Waals surface area (Å²) < 4.78 is 0. The molecule has 1 aromatic carbocycles. The zero-order chi connectivity index (χ0) is 22.7. The highest BCUT2D eigenvalue weighted by Gasteiger charge is 2.40.